The van der Waals surface area contributed by atoms with Gasteiger partial charge < -0.3 is 15.9 Å². The maximum Gasteiger partial charge on any atom is 0.273 e. The van der Waals surface area contributed by atoms with Crippen molar-refractivity contribution in [1.29, 1.82) is 0 Å². The summed E-state index contributed by atoms with van der Waals surface area (Å²) in [5, 5.41) is 28.7. The quantitative estimate of drug-likeness (QED) is 0.623. The van der Waals surface area contributed by atoms with Crippen LogP contribution in [0.2, 0.25) is 0 Å². The molecule has 2 aromatic carbocycles. The van der Waals surface area contributed by atoms with E-state index in [1.807, 2.05) is 0 Å². The van der Waals surface area contributed by atoms with E-state index >= 15 is 0 Å². The van der Waals surface area contributed by atoms with Crippen molar-refractivity contribution in [2.45, 2.75) is 6.92 Å². The normalized spacial score (nSPS) is 11.3. The second-order valence-corrected chi connectivity index (χ2v) is 4.58. The van der Waals surface area contributed by atoms with Crippen molar-refractivity contribution in [2.75, 3.05) is 5.73 Å². The van der Waals surface area contributed by atoms with Gasteiger partial charge in [0.2, 0.25) is 5.95 Å². The second-order valence-electron chi connectivity index (χ2n) is 4.58. The van der Waals surface area contributed by atoms with E-state index in [0.717, 1.165) is 5.39 Å². The van der Waals surface area contributed by atoms with Crippen LogP contribution in [0.3, 0.4) is 0 Å². The summed E-state index contributed by atoms with van der Waals surface area (Å²) in [6, 6.07) is 7.87. The third-order valence-electron chi connectivity index (χ3n) is 2.95. The average Bonchev–Trinajstić information content (AvgIpc) is 2.45. The van der Waals surface area contributed by atoms with Crippen LogP contribution < -0.4 is 5.73 Å². The van der Waals surface area contributed by atoms with Crippen LogP contribution in [0.5, 0.6) is 11.5 Å². The third-order valence-corrected chi connectivity index (χ3v) is 2.95. The lowest BCUT2D eigenvalue weighted by molar-refractivity contribution is 0.474. The van der Waals surface area contributed by atoms with Gasteiger partial charge in [0.1, 0.15) is 23.0 Å². The molecule has 0 bridgehead atoms. The number of anilines is 1. The molecule has 8 heteroatoms. The van der Waals surface area contributed by atoms with E-state index in [9.17, 15) is 10.2 Å². The lowest BCUT2D eigenvalue weighted by atomic mass is 10.1. The molecule has 0 atom stereocenters. The van der Waals surface area contributed by atoms with Crippen LogP contribution in [-0.4, -0.2) is 25.2 Å². The highest BCUT2D eigenvalue weighted by Crippen LogP contribution is 2.36. The number of benzene rings is 2. The van der Waals surface area contributed by atoms with Gasteiger partial charge in [-0.05, 0) is 36.6 Å². The SMILES string of the molecule is Cc1nc(N)nc(N=Nc2c(O)ccc3cc(O)ccc23)n1. The number of fused-ring (bicyclic) bond motifs is 1. The Balaban J connectivity index is 2.09. The summed E-state index contributed by atoms with van der Waals surface area (Å²) >= 11 is 0. The number of phenols is 2. The molecule has 3 aromatic rings. The van der Waals surface area contributed by atoms with Crippen LogP contribution in [0.15, 0.2) is 40.6 Å². The molecule has 1 heterocycles. The molecule has 0 aliphatic rings. The Labute approximate surface area is 125 Å². The van der Waals surface area contributed by atoms with E-state index in [1.165, 1.54) is 12.1 Å². The smallest absolute Gasteiger partial charge is 0.273 e. The standard InChI is InChI=1S/C14H12N6O2/c1-7-16-13(15)18-14(17-7)20-19-12-10-4-3-9(21)6-8(10)2-5-11(12)22/h2-6,21-22H,1H3,(H2,15,16,17,18). The number of hydrogen-bond acceptors (Lipinski definition) is 8. The predicted octanol–water partition coefficient (Wildman–Crippen LogP) is 2.74. The summed E-state index contributed by atoms with van der Waals surface area (Å²) in [7, 11) is 0. The second kappa shape index (κ2) is 5.24. The fourth-order valence-electron chi connectivity index (χ4n) is 2.02. The fraction of sp³-hybridized carbons (Fsp3) is 0.0714. The maximum atomic E-state index is 9.97. The molecule has 0 spiro atoms. The number of hydrogen-bond donors (Lipinski definition) is 3. The van der Waals surface area contributed by atoms with Crippen molar-refractivity contribution < 1.29 is 10.2 Å². The molecule has 0 saturated carbocycles. The van der Waals surface area contributed by atoms with Gasteiger partial charge in [0.15, 0.2) is 0 Å². The average molecular weight is 296 g/mol. The Morgan fingerprint density at radius 2 is 1.82 bits per heavy atom. The van der Waals surface area contributed by atoms with Gasteiger partial charge in [0, 0.05) is 5.39 Å². The lowest BCUT2D eigenvalue weighted by Gasteiger charge is -2.04. The molecule has 0 unspecified atom stereocenters. The Morgan fingerprint density at radius 1 is 1.00 bits per heavy atom. The number of nitrogens with two attached hydrogens (primary N) is 1. The van der Waals surface area contributed by atoms with E-state index in [4.69, 9.17) is 5.73 Å². The molecule has 22 heavy (non-hydrogen) atoms. The Morgan fingerprint density at radius 3 is 2.59 bits per heavy atom. The van der Waals surface area contributed by atoms with Crippen LogP contribution in [0.25, 0.3) is 10.8 Å². The first-order valence-corrected chi connectivity index (χ1v) is 6.37. The fourth-order valence-corrected chi connectivity index (χ4v) is 2.02. The zero-order chi connectivity index (χ0) is 15.7. The summed E-state index contributed by atoms with van der Waals surface area (Å²) in [6.07, 6.45) is 0. The first kappa shape index (κ1) is 13.7. The number of azo groups is 1. The van der Waals surface area contributed by atoms with Crippen molar-refractivity contribution in [3.05, 3.63) is 36.2 Å². The molecule has 8 nitrogen and oxygen atoms in total. The van der Waals surface area contributed by atoms with Crippen molar-refractivity contribution >= 4 is 28.4 Å². The number of phenolic OH excluding ortho intramolecular Hbond substituents is 2. The number of nitrogens with zero attached hydrogens (tertiary/aromatic N) is 5. The van der Waals surface area contributed by atoms with Gasteiger partial charge in [-0.2, -0.15) is 15.0 Å². The van der Waals surface area contributed by atoms with Gasteiger partial charge in [-0.3, -0.25) is 0 Å². The van der Waals surface area contributed by atoms with E-state index in [-0.39, 0.29) is 29.1 Å². The zero-order valence-corrected chi connectivity index (χ0v) is 11.6. The van der Waals surface area contributed by atoms with Crippen LogP contribution in [0, 0.1) is 6.92 Å². The van der Waals surface area contributed by atoms with Crippen LogP contribution in [0.4, 0.5) is 17.6 Å². The maximum absolute atomic E-state index is 9.97. The highest BCUT2D eigenvalue weighted by atomic mass is 16.3. The molecule has 0 aliphatic heterocycles. The minimum Gasteiger partial charge on any atom is -0.508 e. The molecule has 0 radical (unpaired) electrons. The number of rotatable bonds is 2. The van der Waals surface area contributed by atoms with Crippen LogP contribution >= 0.6 is 0 Å². The van der Waals surface area contributed by atoms with E-state index in [0.29, 0.717) is 11.2 Å². The van der Waals surface area contributed by atoms with Gasteiger partial charge in [-0.15, -0.1) is 10.2 Å². The summed E-state index contributed by atoms with van der Waals surface area (Å²) in [4.78, 5) is 11.7. The zero-order valence-electron chi connectivity index (χ0n) is 11.6. The molecule has 0 saturated heterocycles. The number of aromatic nitrogens is 3. The molecule has 4 N–H and O–H groups in total. The van der Waals surface area contributed by atoms with Gasteiger partial charge in [0.25, 0.3) is 5.95 Å². The van der Waals surface area contributed by atoms with Gasteiger partial charge >= 0.3 is 0 Å². The monoisotopic (exact) mass is 296 g/mol. The topological polar surface area (TPSA) is 130 Å². The van der Waals surface area contributed by atoms with Crippen molar-refractivity contribution in [3.8, 4) is 11.5 Å². The first-order valence-electron chi connectivity index (χ1n) is 6.37. The molecular formula is C14H12N6O2. The summed E-state index contributed by atoms with van der Waals surface area (Å²) in [5.41, 5.74) is 5.78. The molecule has 0 fully saturated rings. The number of aryl methyl sites for hydroxylation is 1. The van der Waals surface area contributed by atoms with E-state index < -0.39 is 0 Å². The molecule has 0 aliphatic carbocycles. The highest BCUT2D eigenvalue weighted by molar-refractivity contribution is 5.95. The molecule has 1 aromatic heterocycles. The lowest BCUT2D eigenvalue weighted by Crippen LogP contribution is -1.98. The van der Waals surface area contributed by atoms with Gasteiger partial charge in [0.05, 0.1) is 0 Å². The van der Waals surface area contributed by atoms with Gasteiger partial charge in [-0.25, -0.2) is 0 Å². The first-order chi connectivity index (χ1) is 10.5. The largest absolute Gasteiger partial charge is 0.508 e. The van der Waals surface area contributed by atoms with Crippen LogP contribution in [0.1, 0.15) is 5.82 Å². The van der Waals surface area contributed by atoms with Crippen molar-refractivity contribution in [1.82, 2.24) is 15.0 Å². The Bertz CT molecular complexity index is 874. The summed E-state index contributed by atoms with van der Waals surface area (Å²) in [5.74, 6) is 0.616. The molecule has 3 rings (SSSR count). The number of nitrogen functional groups attached to an aromatic ring is 1. The minimum atomic E-state index is -0.0410. The highest BCUT2D eigenvalue weighted by Gasteiger charge is 2.08. The summed E-state index contributed by atoms with van der Waals surface area (Å²) < 4.78 is 0. The van der Waals surface area contributed by atoms with Gasteiger partial charge in [-0.1, -0.05) is 6.07 Å². The summed E-state index contributed by atoms with van der Waals surface area (Å²) in [6.45, 7) is 1.66. The van der Waals surface area contributed by atoms with Crippen molar-refractivity contribution in [2.24, 2.45) is 10.2 Å². The van der Waals surface area contributed by atoms with E-state index in [1.54, 1.807) is 25.1 Å². The minimum absolute atomic E-state index is 0.0410. The third kappa shape index (κ3) is 2.62. The molecule has 0 amide bonds. The number of aromatic hydroxyl groups is 2. The molecule has 110 valence electrons. The Hall–Kier alpha value is -3.29. The van der Waals surface area contributed by atoms with Crippen LogP contribution in [-0.2, 0) is 0 Å². The van der Waals surface area contributed by atoms with Crippen molar-refractivity contribution in [3.63, 3.8) is 0 Å². The predicted molar refractivity (Wildman–Crippen MR) is 80.4 cm³/mol. The Kier molecular flexibility index (Phi) is 3.26. The molecular weight excluding hydrogens is 284 g/mol. The van der Waals surface area contributed by atoms with E-state index in [2.05, 4.69) is 25.2 Å².